The van der Waals surface area contributed by atoms with E-state index in [2.05, 4.69) is 18.8 Å². The van der Waals surface area contributed by atoms with Crippen molar-refractivity contribution < 1.29 is 12.9 Å². The van der Waals surface area contributed by atoms with Gasteiger partial charge in [0, 0.05) is 49.9 Å². The first kappa shape index (κ1) is 21.6. The highest BCUT2D eigenvalue weighted by atomic mass is 32.2. The smallest absolute Gasteiger partial charge is 0.241 e. The van der Waals surface area contributed by atoms with Gasteiger partial charge in [0.1, 0.15) is 0 Å². The molecule has 0 aromatic heterocycles. The molecule has 0 unspecified atom stereocenters. The van der Waals surface area contributed by atoms with E-state index in [-0.39, 0.29) is 0 Å². The van der Waals surface area contributed by atoms with Crippen LogP contribution in [0.2, 0.25) is 0 Å². The van der Waals surface area contributed by atoms with E-state index < -0.39 is 10.0 Å². The van der Waals surface area contributed by atoms with Gasteiger partial charge in [0.15, 0.2) is 0 Å². The number of rotatable bonds is 10. The number of quaternary nitrogens is 1. The molecule has 0 fully saturated rings. The van der Waals surface area contributed by atoms with E-state index in [0.717, 1.165) is 46.9 Å². The van der Waals surface area contributed by atoms with Crippen molar-refractivity contribution in [3.05, 3.63) is 36.4 Å². The van der Waals surface area contributed by atoms with E-state index in [0.29, 0.717) is 18.0 Å². The van der Waals surface area contributed by atoms with Gasteiger partial charge in [0.25, 0.3) is 0 Å². The zero-order chi connectivity index (χ0) is 20.1. The van der Waals surface area contributed by atoms with E-state index in [4.69, 9.17) is 5.73 Å². The molecule has 0 aliphatic rings. The number of nitrogens with zero attached hydrogens (tertiary/aromatic N) is 2. The molecule has 0 saturated heterocycles. The molecule has 0 spiro atoms. The lowest BCUT2D eigenvalue weighted by Gasteiger charge is -2.29. The van der Waals surface area contributed by atoms with Crippen LogP contribution in [0.5, 0.6) is 0 Å². The van der Waals surface area contributed by atoms with Gasteiger partial charge in [-0.3, -0.25) is 0 Å². The number of nitrogens with two attached hydrogens (primary N) is 1. The van der Waals surface area contributed by atoms with Gasteiger partial charge in [0.05, 0.1) is 32.1 Å². The molecule has 7 heteroatoms. The first-order valence-electron chi connectivity index (χ1n) is 9.39. The molecule has 0 aliphatic heterocycles. The number of sulfonamides is 1. The summed E-state index contributed by atoms with van der Waals surface area (Å²) < 4.78 is 29.4. The Hall–Kier alpha value is -1.67. The fraction of sp³-hybridized carbons (Fsp3) is 0.500. The Labute approximate surface area is 163 Å². The van der Waals surface area contributed by atoms with Crippen LogP contribution in [0.4, 0.5) is 5.69 Å². The summed E-state index contributed by atoms with van der Waals surface area (Å²) in [4.78, 5) is 2.33. The number of fused-ring (bicyclic) bond motifs is 1. The average Bonchev–Trinajstić information content (AvgIpc) is 2.62. The minimum atomic E-state index is -3.56. The monoisotopic (exact) mass is 393 g/mol. The molecule has 2 aromatic rings. The van der Waals surface area contributed by atoms with E-state index in [1.807, 2.05) is 43.3 Å². The van der Waals surface area contributed by atoms with Gasteiger partial charge in [-0.1, -0.05) is 24.3 Å². The van der Waals surface area contributed by atoms with Gasteiger partial charge in [0.2, 0.25) is 10.0 Å². The largest absolute Gasteiger partial charge is 0.377 e. The minimum absolute atomic E-state index is 0.334. The molecule has 0 bridgehead atoms. The summed E-state index contributed by atoms with van der Waals surface area (Å²) in [6.45, 7) is 3.02. The SMILES string of the molecule is CN(C)c1cccc2c(S(=O)(=O)NCCC[N+](C)(C)CCCN)cccc12. The Morgan fingerprint density at radius 1 is 1.00 bits per heavy atom. The zero-order valence-electron chi connectivity index (χ0n) is 16.9. The molecule has 0 saturated carbocycles. The molecule has 3 N–H and O–H groups in total. The maximum absolute atomic E-state index is 12.9. The molecule has 6 nitrogen and oxygen atoms in total. The van der Waals surface area contributed by atoms with Crippen molar-refractivity contribution in [3.63, 3.8) is 0 Å². The van der Waals surface area contributed by atoms with Crippen LogP contribution in [0, 0.1) is 0 Å². The third-order valence-corrected chi connectivity index (χ3v) is 6.35. The van der Waals surface area contributed by atoms with Crippen LogP contribution in [0.3, 0.4) is 0 Å². The first-order valence-corrected chi connectivity index (χ1v) is 10.9. The van der Waals surface area contributed by atoms with Crippen molar-refractivity contribution in [2.75, 3.05) is 59.3 Å². The summed E-state index contributed by atoms with van der Waals surface area (Å²) >= 11 is 0. The van der Waals surface area contributed by atoms with Gasteiger partial charge in [-0.2, -0.15) is 0 Å². The van der Waals surface area contributed by atoms with Gasteiger partial charge < -0.3 is 15.1 Å². The van der Waals surface area contributed by atoms with Crippen LogP contribution in [-0.4, -0.2) is 67.3 Å². The molecule has 27 heavy (non-hydrogen) atoms. The van der Waals surface area contributed by atoms with Crippen LogP contribution >= 0.6 is 0 Å². The van der Waals surface area contributed by atoms with Gasteiger partial charge in [-0.25, -0.2) is 13.1 Å². The zero-order valence-corrected chi connectivity index (χ0v) is 17.7. The lowest BCUT2D eigenvalue weighted by molar-refractivity contribution is -0.890. The molecule has 0 aliphatic carbocycles. The highest BCUT2D eigenvalue weighted by molar-refractivity contribution is 7.89. The molecular weight excluding hydrogens is 360 g/mol. The van der Waals surface area contributed by atoms with Crippen molar-refractivity contribution in [1.29, 1.82) is 0 Å². The van der Waals surface area contributed by atoms with Crippen molar-refractivity contribution >= 4 is 26.5 Å². The summed E-state index contributed by atoms with van der Waals surface area (Å²) in [6, 6.07) is 11.2. The van der Waals surface area contributed by atoms with Crippen molar-refractivity contribution in [1.82, 2.24) is 4.72 Å². The molecule has 150 valence electrons. The quantitative estimate of drug-likeness (QED) is 0.478. The highest BCUT2D eigenvalue weighted by Crippen LogP contribution is 2.30. The van der Waals surface area contributed by atoms with Gasteiger partial charge in [-0.05, 0) is 18.7 Å². The average molecular weight is 394 g/mol. The van der Waals surface area contributed by atoms with Gasteiger partial charge >= 0.3 is 0 Å². The Kier molecular flexibility index (Phi) is 7.22. The fourth-order valence-electron chi connectivity index (χ4n) is 3.31. The van der Waals surface area contributed by atoms with Crippen molar-refractivity contribution in [2.45, 2.75) is 17.7 Å². The molecule has 0 amide bonds. The first-order chi connectivity index (χ1) is 12.7. The number of nitrogens with one attached hydrogen (secondary N) is 1. The summed E-state index contributed by atoms with van der Waals surface area (Å²) in [7, 11) is 4.66. The summed E-state index contributed by atoms with van der Waals surface area (Å²) in [5, 5.41) is 1.68. The van der Waals surface area contributed by atoms with Crippen LogP contribution in [0.1, 0.15) is 12.8 Å². The van der Waals surface area contributed by atoms with E-state index in [9.17, 15) is 8.42 Å². The molecule has 0 atom stereocenters. The Morgan fingerprint density at radius 2 is 1.63 bits per heavy atom. The third kappa shape index (κ3) is 5.65. The molecular formula is C20H33N4O2S+. The molecule has 2 aromatic carbocycles. The lowest BCUT2D eigenvalue weighted by atomic mass is 10.1. The second kappa shape index (κ2) is 9.01. The Morgan fingerprint density at radius 3 is 2.30 bits per heavy atom. The predicted molar refractivity (Wildman–Crippen MR) is 114 cm³/mol. The normalized spacial score (nSPS) is 12.5. The van der Waals surface area contributed by atoms with Crippen LogP contribution in [0.25, 0.3) is 10.8 Å². The number of hydrogen-bond acceptors (Lipinski definition) is 4. The number of anilines is 1. The van der Waals surface area contributed by atoms with Gasteiger partial charge in [-0.15, -0.1) is 0 Å². The van der Waals surface area contributed by atoms with Crippen molar-refractivity contribution in [3.8, 4) is 0 Å². The number of hydrogen-bond donors (Lipinski definition) is 2. The molecule has 0 radical (unpaired) electrons. The maximum Gasteiger partial charge on any atom is 0.241 e. The Balaban J connectivity index is 2.12. The predicted octanol–water partition coefficient (Wildman–Crippen LogP) is 2.00. The standard InChI is InChI=1S/C20H33N4O2S/c1-23(2)19-11-5-10-18-17(19)9-6-12-20(18)27(25,26)22-14-8-16-24(3,4)15-7-13-21/h5-6,9-12,22H,7-8,13-16,21H2,1-4H3/q+1. The number of benzene rings is 2. The topological polar surface area (TPSA) is 75.4 Å². The fourth-order valence-corrected chi connectivity index (χ4v) is 4.61. The lowest BCUT2D eigenvalue weighted by Crippen LogP contribution is -2.43. The summed E-state index contributed by atoms with van der Waals surface area (Å²) in [6.07, 6.45) is 1.76. The highest BCUT2D eigenvalue weighted by Gasteiger charge is 2.19. The minimum Gasteiger partial charge on any atom is -0.377 e. The second-order valence-corrected chi connectivity index (χ2v) is 9.53. The van der Waals surface area contributed by atoms with Crippen LogP contribution in [-0.2, 0) is 10.0 Å². The van der Waals surface area contributed by atoms with Crippen molar-refractivity contribution in [2.24, 2.45) is 5.73 Å². The van der Waals surface area contributed by atoms with E-state index in [1.54, 1.807) is 12.1 Å². The maximum atomic E-state index is 12.9. The van der Waals surface area contributed by atoms with Crippen LogP contribution in [0.15, 0.2) is 41.3 Å². The molecule has 0 heterocycles. The third-order valence-electron chi connectivity index (χ3n) is 4.83. The molecule has 2 rings (SSSR count). The van der Waals surface area contributed by atoms with E-state index >= 15 is 0 Å². The summed E-state index contributed by atoms with van der Waals surface area (Å²) in [5.41, 5.74) is 6.59. The Bertz CT molecular complexity index is 863. The second-order valence-electron chi connectivity index (χ2n) is 7.80. The van der Waals surface area contributed by atoms with Crippen LogP contribution < -0.4 is 15.4 Å². The van der Waals surface area contributed by atoms with E-state index in [1.165, 1.54) is 0 Å². The summed E-state index contributed by atoms with van der Waals surface area (Å²) in [5.74, 6) is 0.